The molecule has 0 fully saturated rings. The number of fused-ring (bicyclic) bond motifs is 1. The summed E-state index contributed by atoms with van der Waals surface area (Å²) >= 11 is 0. The summed E-state index contributed by atoms with van der Waals surface area (Å²) < 4.78 is 12.7. The smallest absolute Gasteiger partial charge is 0.248 e. The number of ether oxygens (including phenoxy) is 1. The van der Waals surface area contributed by atoms with Crippen LogP contribution in [0.4, 0.5) is 0 Å². The maximum atomic E-state index is 12.3. The van der Waals surface area contributed by atoms with Crippen molar-refractivity contribution in [1.82, 2.24) is 19.7 Å². The molecule has 3 heterocycles. The third kappa shape index (κ3) is 3.50. The molecule has 0 radical (unpaired) electrons. The predicted molar refractivity (Wildman–Crippen MR) is 99.0 cm³/mol. The van der Waals surface area contributed by atoms with E-state index in [4.69, 9.17) is 14.3 Å². The molecule has 1 aliphatic rings. The fraction of sp³-hybridized carbons (Fsp3) is 0.350. The number of aryl methyl sites for hydroxylation is 1. The molecule has 0 spiro atoms. The van der Waals surface area contributed by atoms with Crippen molar-refractivity contribution in [2.24, 2.45) is 0 Å². The summed E-state index contributed by atoms with van der Waals surface area (Å²) in [4.78, 5) is 18.4. The molecule has 3 aromatic rings. The van der Waals surface area contributed by atoms with Gasteiger partial charge >= 0.3 is 0 Å². The molecule has 0 atom stereocenters. The molecule has 7 nitrogen and oxygen atoms in total. The summed E-state index contributed by atoms with van der Waals surface area (Å²) in [7, 11) is 1.53. The Kier molecular flexibility index (Phi) is 4.77. The zero-order chi connectivity index (χ0) is 18.8. The lowest BCUT2D eigenvalue weighted by molar-refractivity contribution is -0.136. The van der Waals surface area contributed by atoms with Crippen molar-refractivity contribution >= 4 is 5.91 Å². The number of hydrogen-bond acceptors (Lipinski definition) is 5. The summed E-state index contributed by atoms with van der Waals surface area (Å²) in [5, 5.41) is 4.80. The molecule has 140 valence electrons. The van der Waals surface area contributed by atoms with E-state index < -0.39 is 0 Å². The van der Waals surface area contributed by atoms with Crippen LogP contribution in [0.25, 0.3) is 11.6 Å². The van der Waals surface area contributed by atoms with Crippen LogP contribution in [0.1, 0.15) is 22.6 Å². The molecular weight excluding hydrogens is 344 g/mol. The van der Waals surface area contributed by atoms with Crippen molar-refractivity contribution in [1.29, 1.82) is 0 Å². The van der Waals surface area contributed by atoms with Crippen LogP contribution < -0.4 is 0 Å². The van der Waals surface area contributed by atoms with E-state index in [9.17, 15) is 4.79 Å². The highest BCUT2D eigenvalue weighted by Crippen LogP contribution is 2.30. The van der Waals surface area contributed by atoms with Crippen LogP contribution in [-0.2, 0) is 29.0 Å². The fourth-order valence-corrected chi connectivity index (χ4v) is 3.44. The van der Waals surface area contributed by atoms with Crippen LogP contribution in [0.15, 0.2) is 40.9 Å². The van der Waals surface area contributed by atoms with E-state index in [1.54, 1.807) is 11.1 Å². The highest BCUT2D eigenvalue weighted by atomic mass is 16.5. The van der Waals surface area contributed by atoms with Gasteiger partial charge in [-0.25, -0.2) is 4.98 Å². The number of carbonyl (C=O) groups is 1. The monoisotopic (exact) mass is 366 g/mol. The first kappa shape index (κ1) is 17.5. The van der Waals surface area contributed by atoms with Crippen molar-refractivity contribution in [3.63, 3.8) is 0 Å². The van der Waals surface area contributed by atoms with E-state index in [0.717, 1.165) is 23.4 Å². The highest BCUT2D eigenvalue weighted by Gasteiger charge is 2.29. The van der Waals surface area contributed by atoms with Gasteiger partial charge in [0.05, 0.1) is 12.7 Å². The first-order valence-electron chi connectivity index (χ1n) is 8.97. The molecule has 4 rings (SSSR count). The molecule has 1 aromatic carbocycles. The van der Waals surface area contributed by atoms with Crippen LogP contribution in [0.3, 0.4) is 0 Å². The Morgan fingerprint density at radius 1 is 1.30 bits per heavy atom. The van der Waals surface area contributed by atoms with E-state index >= 15 is 0 Å². The minimum atomic E-state index is -0.0199. The molecule has 27 heavy (non-hydrogen) atoms. The van der Waals surface area contributed by atoms with Gasteiger partial charge in [0.15, 0.2) is 5.69 Å². The molecule has 2 aromatic heterocycles. The Labute approximate surface area is 157 Å². The lowest BCUT2D eigenvalue weighted by atomic mass is 10.0. The Balaban J connectivity index is 1.72. The standard InChI is InChI=1S/C20H22N4O3/c1-14-10-21-20(27-14)19-16-12-23(18(25)13-26-2)9-8-17(16)24(22-19)11-15-6-4-3-5-7-15/h3-7,10H,8-9,11-13H2,1-2H3. The average molecular weight is 366 g/mol. The van der Waals surface area contributed by atoms with Gasteiger partial charge in [-0.2, -0.15) is 5.10 Å². The number of nitrogens with zero attached hydrogens (tertiary/aromatic N) is 4. The van der Waals surface area contributed by atoms with Crippen molar-refractivity contribution in [3.8, 4) is 11.6 Å². The molecule has 0 bridgehead atoms. The van der Waals surface area contributed by atoms with Gasteiger partial charge in [-0.3, -0.25) is 9.48 Å². The minimum absolute atomic E-state index is 0.0199. The number of hydrogen-bond donors (Lipinski definition) is 0. The number of carbonyl (C=O) groups excluding carboxylic acids is 1. The van der Waals surface area contributed by atoms with E-state index in [1.165, 1.54) is 12.7 Å². The van der Waals surface area contributed by atoms with Gasteiger partial charge in [-0.15, -0.1) is 0 Å². The topological polar surface area (TPSA) is 73.4 Å². The third-order valence-corrected chi connectivity index (χ3v) is 4.75. The lowest BCUT2D eigenvalue weighted by Gasteiger charge is -2.27. The Hall–Kier alpha value is -2.93. The zero-order valence-electron chi connectivity index (χ0n) is 15.5. The Bertz CT molecular complexity index is 946. The molecule has 7 heteroatoms. The van der Waals surface area contributed by atoms with Gasteiger partial charge in [0, 0.05) is 37.9 Å². The molecule has 1 amide bonds. The van der Waals surface area contributed by atoms with Gasteiger partial charge in [0.1, 0.15) is 12.4 Å². The van der Waals surface area contributed by atoms with E-state index in [0.29, 0.717) is 31.2 Å². The molecule has 0 saturated heterocycles. The second-order valence-corrected chi connectivity index (χ2v) is 6.69. The Morgan fingerprint density at radius 3 is 2.81 bits per heavy atom. The first-order chi connectivity index (χ1) is 13.2. The van der Waals surface area contributed by atoms with Crippen molar-refractivity contribution in [2.75, 3.05) is 20.3 Å². The van der Waals surface area contributed by atoms with E-state index in [2.05, 4.69) is 17.1 Å². The Morgan fingerprint density at radius 2 is 2.11 bits per heavy atom. The number of rotatable bonds is 5. The largest absolute Gasteiger partial charge is 0.440 e. The zero-order valence-corrected chi connectivity index (χ0v) is 15.5. The number of oxazole rings is 1. The minimum Gasteiger partial charge on any atom is -0.440 e. The second kappa shape index (κ2) is 7.36. The number of benzene rings is 1. The molecule has 0 saturated carbocycles. The van der Waals surface area contributed by atoms with Gasteiger partial charge < -0.3 is 14.1 Å². The number of amides is 1. The van der Waals surface area contributed by atoms with Crippen LogP contribution in [0, 0.1) is 6.92 Å². The summed E-state index contributed by atoms with van der Waals surface area (Å²) in [6.45, 7) is 3.76. The lowest BCUT2D eigenvalue weighted by Crippen LogP contribution is -2.38. The van der Waals surface area contributed by atoms with Crippen LogP contribution >= 0.6 is 0 Å². The summed E-state index contributed by atoms with van der Waals surface area (Å²) in [6, 6.07) is 10.2. The van der Waals surface area contributed by atoms with Crippen LogP contribution in [-0.4, -0.2) is 45.8 Å². The predicted octanol–water partition coefficient (Wildman–Crippen LogP) is 2.43. The normalized spacial score (nSPS) is 13.6. The first-order valence-corrected chi connectivity index (χ1v) is 8.97. The number of aromatic nitrogens is 3. The summed E-state index contributed by atoms with van der Waals surface area (Å²) in [5.74, 6) is 1.21. The maximum Gasteiger partial charge on any atom is 0.248 e. The van der Waals surface area contributed by atoms with Crippen LogP contribution in [0.2, 0.25) is 0 Å². The third-order valence-electron chi connectivity index (χ3n) is 4.75. The van der Waals surface area contributed by atoms with Crippen molar-refractivity contribution in [3.05, 3.63) is 59.1 Å². The van der Waals surface area contributed by atoms with Gasteiger partial charge in [-0.05, 0) is 12.5 Å². The average Bonchev–Trinajstić information content (AvgIpc) is 3.26. The van der Waals surface area contributed by atoms with Crippen LogP contribution in [0.5, 0.6) is 0 Å². The quantitative estimate of drug-likeness (QED) is 0.693. The fourth-order valence-electron chi connectivity index (χ4n) is 3.44. The molecule has 0 aliphatic carbocycles. The van der Waals surface area contributed by atoms with Crippen molar-refractivity contribution < 1.29 is 13.9 Å². The van der Waals surface area contributed by atoms with E-state index in [-0.39, 0.29) is 12.5 Å². The maximum absolute atomic E-state index is 12.3. The highest BCUT2D eigenvalue weighted by molar-refractivity contribution is 5.78. The second-order valence-electron chi connectivity index (χ2n) is 6.69. The van der Waals surface area contributed by atoms with E-state index in [1.807, 2.05) is 29.8 Å². The molecule has 0 N–H and O–H groups in total. The molecule has 0 unspecified atom stereocenters. The summed E-state index contributed by atoms with van der Waals surface area (Å²) in [5.41, 5.74) is 4.02. The molecular formula is C20H22N4O3. The van der Waals surface area contributed by atoms with Gasteiger partial charge in [0.25, 0.3) is 0 Å². The van der Waals surface area contributed by atoms with Crippen molar-refractivity contribution in [2.45, 2.75) is 26.4 Å². The SMILES string of the molecule is COCC(=O)N1CCc2c(c(-c3ncc(C)o3)nn2Cc2ccccc2)C1. The summed E-state index contributed by atoms with van der Waals surface area (Å²) in [6.07, 6.45) is 2.43. The van der Waals surface area contributed by atoms with Gasteiger partial charge in [-0.1, -0.05) is 30.3 Å². The molecule has 1 aliphatic heterocycles. The van der Waals surface area contributed by atoms with Gasteiger partial charge in [0.2, 0.25) is 11.8 Å². The number of methoxy groups -OCH3 is 1.